The summed E-state index contributed by atoms with van der Waals surface area (Å²) in [5.41, 5.74) is 2.10. The van der Waals surface area contributed by atoms with E-state index in [4.69, 9.17) is 37.4 Å². The molecule has 0 atom stereocenters. The summed E-state index contributed by atoms with van der Waals surface area (Å²) < 4.78 is 16.8. The van der Waals surface area contributed by atoms with Gasteiger partial charge in [-0.25, -0.2) is 0 Å². The molecule has 2 aromatic rings. The van der Waals surface area contributed by atoms with Crippen LogP contribution in [-0.4, -0.2) is 51.4 Å². The maximum atomic E-state index is 6.06. The lowest BCUT2D eigenvalue weighted by Crippen LogP contribution is -2.40. The average molecular weight is 498 g/mol. The van der Waals surface area contributed by atoms with E-state index in [9.17, 15) is 0 Å². The van der Waals surface area contributed by atoms with Crippen molar-refractivity contribution in [2.75, 3.05) is 46.5 Å². The molecule has 1 saturated heterocycles. The number of methoxy groups -OCH3 is 1. The molecule has 0 spiro atoms. The third-order valence-corrected chi connectivity index (χ3v) is 5.38. The number of ether oxygens (including phenoxy) is 3. The van der Waals surface area contributed by atoms with Crippen LogP contribution in [0.25, 0.3) is 0 Å². The highest BCUT2D eigenvalue weighted by molar-refractivity contribution is 6.42. The molecule has 0 aliphatic carbocycles. The zero-order valence-corrected chi connectivity index (χ0v) is 20.0. The molecule has 3 rings (SSSR count). The molecular weight excluding hydrogens is 470 g/mol. The van der Waals surface area contributed by atoms with Crippen molar-refractivity contribution in [2.45, 2.75) is 13.2 Å². The fraction of sp³-hybridized carbons (Fsp3) is 0.429. The largest absolute Gasteiger partial charge is 0.493 e. The van der Waals surface area contributed by atoms with E-state index >= 15 is 0 Å². The Bertz CT molecular complexity index is 774. The molecule has 0 saturated carbocycles. The van der Waals surface area contributed by atoms with Gasteiger partial charge in [-0.2, -0.15) is 0 Å². The van der Waals surface area contributed by atoms with Gasteiger partial charge < -0.3 is 19.5 Å². The molecule has 2 aromatic carbocycles. The molecule has 30 heavy (non-hydrogen) atoms. The molecule has 1 aliphatic rings. The predicted molar refractivity (Wildman–Crippen MR) is 127 cm³/mol. The van der Waals surface area contributed by atoms with Gasteiger partial charge in [-0.15, -0.1) is 24.8 Å². The first-order valence-corrected chi connectivity index (χ1v) is 10.2. The zero-order chi connectivity index (χ0) is 19.8. The molecule has 1 heterocycles. The second kappa shape index (κ2) is 14.2. The first-order chi connectivity index (χ1) is 13.7. The van der Waals surface area contributed by atoms with E-state index in [1.165, 1.54) is 0 Å². The van der Waals surface area contributed by atoms with Gasteiger partial charge in [-0.1, -0.05) is 35.3 Å². The molecule has 1 N–H and O–H groups in total. The van der Waals surface area contributed by atoms with Gasteiger partial charge in [0, 0.05) is 32.7 Å². The van der Waals surface area contributed by atoms with Crippen LogP contribution in [0.2, 0.25) is 10.0 Å². The minimum Gasteiger partial charge on any atom is -0.493 e. The second-order valence-electron chi connectivity index (χ2n) is 6.65. The molecule has 1 fully saturated rings. The van der Waals surface area contributed by atoms with E-state index in [2.05, 4.69) is 16.3 Å². The van der Waals surface area contributed by atoms with Crippen LogP contribution in [-0.2, 0) is 17.9 Å². The predicted octanol–water partition coefficient (Wildman–Crippen LogP) is 4.85. The summed E-state index contributed by atoms with van der Waals surface area (Å²) in [7, 11) is 1.65. The van der Waals surface area contributed by atoms with Crippen molar-refractivity contribution < 1.29 is 14.2 Å². The number of hydrogen-bond acceptors (Lipinski definition) is 5. The Kier molecular flexibility index (Phi) is 12.8. The smallest absolute Gasteiger partial charge is 0.161 e. The Balaban J connectivity index is 0.00000225. The molecule has 0 unspecified atom stereocenters. The number of nitrogens with zero attached hydrogens (tertiary/aromatic N) is 1. The fourth-order valence-electron chi connectivity index (χ4n) is 3.03. The van der Waals surface area contributed by atoms with Gasteiger partial charge in [-0.3, -0.25) is 4.90 Å². The lowest BCUT2D eigenvalue weighted by molar-refractivity contribution is 0.0384. The fourth-order valence-corrected chi connectivity index (χ4v) is 3.35. The van der Waals surface area contributed by atoms with Crippen LogP contribution in [0.15, 0.2) is 36.4 Å². The Morgan fingerprint density at radius 1 is 0.967 bits per heavy atom. The molecule has 5 nitrogen and oxygen atoms in total. The number of halogens is 4. The molecule has 168 valence electrons. The van der Waals surface area contributed by atoms with Gasteiger partial charge in [0.15, 0.2) is 11.5 Å². The van der Waals surface area contributed by atoms with Crippen LogP contribution in [0.1, 0.15) is 11.1 Å². The van der Waals surface area contributed by atoms with E-state index < -0.39 is 0 Å². The summed E-state index contributed by atoms with van der Waals surface area (Å²) in [5.74, 6) is 1.41. The number of rotatable bonds is 9. The summed E-state index contributed by atoms with van der Waals surface area (Å²) in [6.45, 7) is 6.85. The van der Waals surface area contributed by atoms with E-state index in [-0.39, 0.29) is 24.8 Å². The highest BCUT2D eigenvalue weighted by atomic mass is 35.5. The summed E-state index contributed by atoms with van der Waals surface area (Å²) in [6, 6.07) is 11.5. The molecule has 0 radical (unpaired) electrons. The van der Waals surface area contributed by atoms with E-state index in [1.54, 1.807) is 13.2 Å². The van der Waals surface area contributed by atoms with Crippen LogP contribution < -0.4 is 14.8 Å². The number of morpholine rings is 1. The van der Waals surface area contributed by atoms with Crippen molar-refractivity contribution in [3.8, 4) is 11.5 Å². The molecule has 0 amide bonds. The number of benzene rings is 2. The molecule has 9 heteroatoms. The topological polar surface area (TPSA) is 43.0 Å². The van der Waals surface area contributed by atoms with Gasteiger partial charge in [0.2, 0.25) is 0 Å². The first-order valence-electron chi connectivity index (χ1n) is 9.40. The van der Waals surface area contributed by atoms with Crippen molar-refractivity contribution in [1.82, 2.24) is 10.2 Å². The quantitative estimate of drug-likeness (QED) is 0.502. The Morgan fingerprint density at radius 3 is 2.40 bits per heavy atom. The van der Waals surface area contributed by atoms with Crippen LogP contribution >= 0.6 is 48.0 Å². The summed E-state index contributed by atoms with van der Waals surface area (Å²) in [6.07, 6.45) is 0. The average Bonchev–Trinajstić information content (AvgIpc) is 2.73. The highest BCUT2D eigenvalue weighted by Crippen LogP contribution is 2.29. The van der Waals surface area contributed by atoms with E-state index in [0.29, 0.717) is 28.2 Å². The summed E-state index contributed by atoms with van der Waals surface area (Å²) >= 11 is 12.0. The van der Waals surface area contributed by atoms with Gasteiger partial charge in [0.05, 0.1) is 30.4 Å². The van der Waals surface area contributed by atoms with Crippen LogP contribution in [0.4, 0.5) is 0 Å². The van der Waals surface area contributed by atoms with Gasteiger partial charge in [-0.05, 0) is 35.4 Å². The van der Waals surface area contributed by atoms with Crippen LogP contribution in [0, 0.1) is 0 Å². The third-order valence-electron chi connectivity index (χ3n) is 4.64. The highest BCUT2D eigenvalue weighted by Gasteiger charge is 2.10. The second-order valence-corrected chi connectivity index (χ2v) is 7.47. The van der Waals surface area contributed by atoms with Crippen molar-refractivity contribution in [1.29, 1.82) is 0 Å². The van der Waals surface area contributed by atoms with Crippen molar-refractivity contribution in [3.05, 3.63) is 57.6 Å². The van der Waals surface area contributed by atoms with Crippen LogP contribution in [0.3, 0.4) is 0 Å². The van der Waals surface area contributed by atoms with Crippen molar-refractivity contribution in [2.24, 2.45) is 0 Å². The lowest BCUT2D eigenvalue weighted by Gasteiger charge is -2.26. The van der Waals surface area contributed by atoms with Crippen molar-refractivity contribution in [3.63, 3.8) is 0 Å². The normalized spacial score (nSPS) is 13.8. The first kappa shape index (κ1) is 27.1. The maximum absolute atomic E-state index is 6.06. The molecule has 0 bridgehead atoms. The number of nitrogens with one attached hydrogen (secondary N) is 1. The van der Waals surface area contributed by atoms with Crippen molar-refractivity contribution >= 4 is 48.0 Å². The number of hydrogen-bond donors (Lipinski definition) is 1. The standard InChI is InChI=1S/C21H26Cl2N2O3.2ClH/c1-26-21-13-16(14-24-6-7-25-8-10-27-11-9-25)3-5-20(21)28-15-17-2-4-18(22)19(23)12-17;;/h2-5,12-13,24H,6-11,14-15H2,1H3;2*1H. The Labute approximate surface area is 200 Å². The minimum absolute atomic E-state index is 0. The van der Waals surface area contributed by atoms with E-state index in [0.717, 1.165) is 57.1 Å². The van der Waals surface area contributed by atoms with Gasteiger partial charge >= 0.3 is 0 Å². The monoisotopic (exact) mass is 496 g/mol. The lowest BCUT2D eigenvalue weighted by atomic mass is 10.2. The summed E-state index contributed by atoms with van der Waals surface area (Å²) in [4.78, 5) is 2.41. The van der Waals surface area contributed by atoms with E-state index in [1.807, 2.05) is 24.3 Å². The summed E-state index contributed by atoms with van der Waals surface area (Å²) in [5, 5.41) is 4.54. The minimum atomic E-state index is 0. The third kappa shape index (κ3) is 8.31. The van der Waals surface area contributed by atoms with Gasteiger partial charge in [0.25, 0.3) is 0 Å². The van der Waals surface area contributed by atoms with Crippen LogP contribution in [0.5, 0.6) is 11.5 Å². The zero-order valence-electron chi connectivity index (χ0n) is 16.9. The Hall–Kier alpha value is -0.920. The Morgan fingerprint density at radius 2 is 1.70 bits per heavy atom. The van der Waals surface area contributed by atoms with Gasteiger partial charge in [0.1, 0.15) is 6.61 Å². The maximum Gasteiger partial charge on any atom is 0.161 e. The molecular formula is C21H28Cl4N2O3. The SMILES string of the molecule is COc1cc(CNCCN2CCOCC2)ccc1OCc1ccc(Cl)c(Cl)c1.Cl.Cl. The molecule has 1 aliphatic heterocycles. The molecule has 0 aromatic heterocycles.